The lowest BCUT2D eigenvalue weighted by atomic mass is 10.0. The van der Waals surface area contributed by atoms with Crippen molar-refractivity contribution in [3.8, 4) is 0 Å². The van der Waals surface area contributed by atoms with Crippen molar-refractivity contribution in [1.82, 2.24) is 0 Å². The molecule has 0 spiro atoms. The molecule has 2 N–H and O–H groups in total. The molecule has 0 unspecified atom stereocenters. The molecule has 15 heavy (non-hydrogen) atoms. The summed E-state index contributed by atoms with van der Waals surface area (Å²) in [6.07, 6.45) is 2.35. The molecule has 0 aliphatic heterocycles. The standard InChI is InChI=1S/C11H19NO3/c1-2-3-9(13)4-5-10(14)6-7-11(15)8-12/h2-8,12H2,1H3. The highest BCUT2D eigenvalue weighted by molar-refractivity contribution is 5.89. The second-order valence-electron chi connectivity index (χ2n) is 3.57. The lowest BCUT2D eigenvalue weighted by Gasteiger charge is -1.99. The Balaban J connectivity index is 3.57. The molecule has 0 atom stereocenters. The largest absolute Gasteiger partial charge is 0.324 e. The molecule has 0 aromatic carbocycles. The average Bonchev–Trinajstić information content (AvgIpc) is 2.23. The molecule has 0 aromatic rings. The number of Topliss-reactive ketones (excluding diaryl/α,β-unsaturated/α-hetero) is 3. The summed E-state index contributed by atoms with van der Waals surface area (Å²) in [6, 6.07) is 0. The summed E-state index contributed by atoms with van der Waals surface area (Å²) in [5.74, 6) is -0.0134. The molecule has 0 heterocycles. The summed E-state index contributed by atoms with van der Waals surface area (Å²) < 4.78 is 0. The van der Waals surface area contributed by atoms with Gasteiger partial charge in [-0.1, -0.05) is 6.92 Å². The zero-order valence-electron chi connectivity index (χ0n) is 9.25. The third-order valence-electron chi connectivity index (χ3n) is 2.12. The monoisotopic (exact) mass is 213 g/mol. The van der Waals surface area contributed by atoms with Crippen molar-refractivity contribution in [3.05, 3.63) is 0 Å². The number of nitrogens with two attached hydrogens (primary N) is 1. The first-order valence-corrected chi connectivity index (χ1v) is 5.35. The smallest absolute Gasteiger partial charge is 0.146 e. The van der Waals surface area contributed by atoms with E-state index in [0.29, 0.717) is 12.8 Å². The fraction of sp³-hybridized carbons (Fsp3) is 0.727. The first-order chi connectivity index (χ1) is 7.10. The Morgan fingerprint density at radius 1 is 0.800 bits per heavy atom. The second-order valence-corrected chi connectivity index (χ2v) is 3.57. The summed E-state index contributed by atoms with van der Waals surface area (Å²) >= 11 is 0. The highest BCUT2D eigenvalue weighted by Gasteiger charge is 2.08. The van der Waals surface area contributed by atoms with E-state index >= 15 is 0 Å². The topological polar surface area (TPSA) is 77.2 Å². The molecule has 0 saturated carbocycles. The lowest BCUT2D eigenvalue weighted by Crippen LogP contribution is -2.15. The molecule has 0 aromatic heterocycles. The van der Waals surface area contributed by atoms with Crippen molar-refractivity contribution in [2.75, 3.05) is 6.54 Å². The minimum atomic E-state index is -0.108. The zero-order chi connectivity index (χ0) is 11.7. The van der Waals surface area contributed by atoms with Gasteiger partial charge in [0.15, 0.2) is 0 Å². The van der Waals surface area contributed by atoms with Gasteiger partial charge in [0.05, 0.1) is 6.54 Å². The van der Waals surface area contributed by atoms with Gasteiger partial charge in [-0.05, 0) is 6.42 Å². The van der Waals surface area contributed by atoms with Crippen LogP contribution in [0, 0.1) is 0 Å². The van der Waals surface area contributed by atoms with Crippen LogP contribution in [0.3, 0.4) is 0 Å². The molecule has 0 saturated heterocycles. The molecule has 0 fully saturated rings. The van der Waals surface area contributed by atoms with Crippen molar-refractivity contribution in [2.24, 2.45) is 5.73 Å². The Bertz CT molecular complexity index is 236. The minimum absolute atomic E-state index is 0.0119. The second kappa shape index (κ2) is 8.29. The first-order valence-electron chi connectivity index (χ1n) is 5.35. The highest BCUT2D eigenvalue weighted by Crippen LogP contribution is 2.03. The van der Waals surface area contributed by atoms with E-state index in [0.717, 1.165) is 6.42 Å². The van der Waals surface area contributed by atoms with Gasteiger partial charge >= 0.3 is 0 Å². The van der Waals surface area contributed by atoms with Gasteiger partial charge in [0.1, 0.15) is 17.3 Å². The summed E-state index contributed by atoms with van der Waals surface area (Å²) in [7, 11) is 0. The fourth-order valence-corrected chi connectivity index (χ4v) is 1.19. The van der Waals surface area contributed by atoms with E-state index in [4.69, 9.17) is 5.73 Å². The Labute approximate surface area is 90.2 Å². The maximum atomic E-state index is 11.2. The number of rotatable bonds is 9. The van der Waals surface area contributed by atoms with Crippen molar-refractivity contribution in [1.29, 1.82) is 0 Å². The van der Waals surface area contributed by atoms with E-state index in [-0.39, 0.29) is 43.2 Å². The van der Waals surface area contributed by atoms with Crippen LogP contribution in [-0.4, -0.2) is 23.9 Å². The molecule has 4 nitrogen and oxygen atoms in total. The predicted molar refractivity (Wildman–Crippen MR) is 57.5 cm³/mol. The molecule has 0 aliphatic carbocycles. The Morgan fingerprint density at radius 2 is 1.20 bits per heavy atom. The van der Waals surface area contributed by atoms with Crippen LogP contribution in [0.2, 0.25) is 0 Å². The Kier molecular flexibility index (Phi) is 7.72. The number of carbonyl (C=O) groups is 3. The van der Waals surface area contributed by atoms with Crippen LogP contribution in [0.4, 0.5) is 0 Å². The minimum Gasteiger partial charge on any atom is -0.324 e. The number of hydrogen-bond donors (Lipinski definition) is 1. The number of hydrogen-bond acceptors (Lipinski definition) is 4. The maximum Gasteiger partial charge on any atom is 0.146 e. The predicted octanol–water partition coefficient (Wildman–Crippen LogP) is 1.01. The van der Waals surface area contributed by atoms with Gasteiger partial charge in [0, 0.05) is 32.1 Å². The van der Waals surface area contributed by atoms with E-state index < -0.39 is 0 Å². The summed E-state index contributed by atoms with van der Waals surface area (Å²) in [5, 5.41) is 0. The molecule has 0 bridgehead atoms. The first kappa shape index (κ1) is 14.0. The fourth-order valence-electron chi connectivity index (χ4n) is 1.19. The van der Waals surface area contributed by atoms with Crippen molar-refractivity contribution in [3.63, 3.8) is 0 Å². The van der Waals surface area contributed by atoms with Gasteiger partial charge in [-0.25, -0.2) is 0 Å². The van der Waals surface area contributed by atoms with E-state index in [1.54, 1.807) is 0 Å². The summed E-state index contributed by atoms with van der Waals surface area (Å²) in [5.41, 5.74) is 5.11. The van der Waals surface area contributed by atoms with Gasteiger partial charge in [-0.3, -0.25) is 14.4 Å². The number of ketones is 3. The van der Waals surface area contributed by atoms with E-state index in [1.807, 2.05) is 6.92 Å². The van der Waals surface area contributed by atoms with Gasteiger partial charge in [0.25, 0.3) is 0 Å². The van der Waals surface area contributed by atoms with Crippen molar-refractivity contribution < 1.29 is 14.4 Å². The molecule has 4 heteroatoms. The van der Waals surface area contributed by atoms with Gasteiger partial charge in [0.2, 0.25) is 0 Å². The lowest BCUT2D eigenvalue weighted by molar-refractivity contribution is -0.125. The quantitative estimate of drug-likeness (QED) is 0.620. The molecule has 0 aliphatic rings. The normalized spacial score (nSPS) is 10.0. The molecular weight excluding hydrogens is 194 g/mol. The van der Waals surface area contributed by atoms with Crippen LogP contribution < -0.4 is 5.73 Å². The van der Waals surface area contributed by atoms with Gasteiger partial charge in [-0.15, -0.1) is 0 Å². The summed E-state index contributed by atoms with van der Waals surface area (Å²) in [6.45, 7) is 1.92. The molecular formula is C11H19NO3. The third-order valence-corrected chi connectivity index (χ3v) is 2.12. The van der Waals surface area contributed by atoms with Crippen LogP contribution in [-0.2, 0) is 14.4 Å². The van der Waals surface area contributed by atoms with Gasteiger partial charge in [-0.2, -0.15) is 0 Å². The zero-order valence-corrected chi connectivity index (χ0v) is 9.25. The van der Waals surface area contributed by atoms with E-state index in [1.165, 1.54) is 0 Å². The summed E-state index contributed by atoms with van der Waals surface area (Å²) in [4.78, 5) is 33.1. The van der Waals surface area contributed by atoms with Crippen molar-refractivity contribution in [2.45, 2.75) is 45.4 Å². The molecule has 0 rings (SSSR count). The Morgan fingerprint density at radius 3 is 1.60 bits per heavy atom. The molecule has 86 valence electrons. The number of carbonyl (C=O) groups excluding carboxylic acids is 3. The van der Waals surface area contributed by atoms with Gasteiger partial charge < -0.3 is 5.73 Å². The van der Waals surface area contributed by atoms with Crippen LogP contribution in [0.25, 0.3) is 0 Å². The van der Waals surface area contributed by atoms with Crippen LogP contribution in [0.15, 0.2) is 0 Å². The van der Waals surface area contributed by atoms with Crippen LogP contribution in [0.1, 0.15) is 45.4 Å². The maximum absolute atomic E-state index is 11.2. The highest BCUT2D eigenvalue weighted by atomic mass is 16.1. The average molecular weight is 213 g/mol. The van der Waals surface area contributed by atoms with Crippen LogP contribution in [0.5, 0.6) is 0 Å². The molecule has 0 amide bonds. The molecule has 0 radical (unpaired) electrons. The Hall–Kier alpha value is -1.03. The third kappa shape index (κ3) is 8.00. The van der Waals surface area contributed by atoms with Crippen molar-refractivity contribution >= 4 is 17.3 Å². The van der Waals surface area contributed by atoms with E-state index in [2.05, 4.69) is 0 Å². The van der Waals surface area contributed by atoms with Crippen LogP contribution >= 0.6 is 0 Å². The van der Waals surface area contributed by atoms with E-state index in [9.17, 15) is 14.4 Å². The SMILES string of the molecule is CCCC(=O)CCC(=O)CCC(=O)CN.